The molecule has 0 aromatic rings. The Bertz CT molecular complexity index is 334. The van der Waals surface area contributed by atoms with Crippen molar-refractivity contribution < 1.29 is 9.53 Å². The zero-order valence-corrected chi connectivity index (χ0v) is 12.2. The van der Waals surface area contributed by atoms with Gasteiger partial charge in [0.05, 0.1) is 0 Å². The van der Waals surface area contributed by atoms with E-state index in [9.17, 15) is 4.79 Å². The van der Waals surface area contributed by atoms with Gasteiger partial charge in [0.25, 0.3) is 5.91 Å². The molecule has 0 radical (unpaired) electrons. The highest BCUT2D eigenvalue weighted by molar-refractivity contribution is 5.83. The predicted octanol–water partition coefficient (Wildman–Crippen LogP) is 1.94. The fraction of sp³-hybridized carbons (Fsp3) is 0.929. The van der Waals surface area contributed by atoms with E-state index in [0.717, 1.165) is 25.7 Å². The Kier molecular flexibility index (Phi) is 3.23. The van der Waals surface area contributed by atoms with Gasteiger partial charge in [-0.1, -0.05) is 13.3 Å². The number of hydrogen-bond acceptors (Lipinski definition) is 3. The van der Waals surface area contributed by atoms with Crippen LogP contribution in [0.5, 0.6) is 0 Å². The molecular formula is C14H26N2O2. The molecule has 2 heterocycles. The standard InChI is InChI=1S/C14H26N2O2/c1-6-7-10-11(17)15-14(18-10)8-12(2,3)16-13(4,5)9-14/h10,16H,6-9H2,1-5H3,(H,15,17). The molecule has 1 atom stereocenters. The molecule has 4 heteroatoms. The molecule has 0 aromatic carbocycles. The van der Waals surface area contributed by atoms with Gasteiger partial charge in [0.15, 0.2) is 0 Å². The van der Waals surface area contributed by atoms with Gasteiger partial charge in [0.2, 0.25) is 0 Å². The molecule has 1 unspecified atom stereocenters. The van der Waals surface area contributed by atoms with Crippen LogP contribution in [0.25, 0.3) is 0 Å². The first-order valence-electron chi connectivity index (χ1n) is 6.96. The molecule has 0 aromatic heterocycles. The lowest BCUT2D eigenvalue weighted by Gasteiger charge is -2.50. The lowest BCUT2D eigenvalue weighted by molar-refractivity contribution is -0.127. The van der Waals surface area contributed by atoms with E-state index in [0.29, 0.717) is 0 Å². The number of carbonyl (C=O) groups excluding carboxylic acids is 1. The number of ether oxygens (including phenoxy) is 1. The van der Waals surface area contributed by atoms with Gasteiger partial charge in [-0.2, -0.15) is 0 Å². The molecule has 2 aliphatic heterocycles. The Hall–Kier alpha value is -0.610. The minimum atomic E-state index is -0.477. The lowest BCUT2D eigenvalue weighted by atomic mass is 9.77. The van der Waals surface area contributed by atoms with E-state index in [2.05, 4.69) is 45.3 Å². The van der Waals surface area contributed by atoms with Crippen LogP contribution in [0, 0.1) is 0 Å². The summed E-state index contributed by atoms with van der Waals surface area (Å²) in [4.78, 5) is 12.0. The van der Waals surface area contributed by atoms with Crippen LogP contribution in [0.2, 0.25) is 0 Å². The summed E-state index contributed by atoms with van der Waals surface area (Å²) in [6.07, 6.45) is 3.14. The first-order valence-corrected chi connectivity index (χ1v) is 6.96. The normalized spacial score (nSPS) is 32.5. The number of rotatable bonds is 2. The van der Waals surface area contributed by atoms with E-state index in [-0.39, 0.29) is 23.1 Å². The van der Waals surface area contributed by atoms with E-state index in [1.807, 2.05) is 0 Å². The zero-order valence-electron chi connectivity index (χ0n) is 12.2. The number of hydrogen-bond donors (Lipinski definition) is 2. The summed E-state index contributed by atoms with van der Waals surface area (Å²) in [5.41, 5.74) is -0.540. The summed E-state index contributed by atoms with van der Waals surface area (Å²) in [5, 5.41) is 6.73. The Balaban J connectivity index is 2.19. The van der Waals surface area contributed by atoms with Crippen molar-refractivity contribution in [2.24, 2.45) is 0 Å². The molecule has 1 amide bonds. The van der Waals surface area contributed by atoms with Crippen LogP contribution in [-0.4, -0.2) is 28.8 Å². The smallest absolute Gasteiger partial charge is 0.251 e. The van der Waals surface area contributed by atoms with Gasteiger partial charge < -0.3 is 15.4 Å². The van der Waals surface area contributed by atoms with Gasteiger partial charge in [0, 0.05) is 23.9 Å². The van der Waals surface area contributed by atoms with Crippen molar-refractivity contribution in [3.8, 4) is 0 Å². The van der Waals surface area contributed by atoms with Gasteiger partial charge in [-0.3, -0.25) is 4.79 Å². The highest BCUT2D eigenvalue weighted by atomic mass is 16.5. The highest BCUT2D eigenvalue weighted by Gasteiger charge is 2.54. The lowest BCUT2D eigenvalue weighted by Crippen LogP contribution is -2.66. The van der Waals surface area contributed by atoms with Crippen molar-refractivity contribution in [2.75, 3.05) is 0 Å². The van der Waals surface area contributed by atoms with Gasteiger partial charge in [-0.05, 0) is 34.1 Å². The van der Waals surface area contributed by atoms with Gasteiger partial charge in [-0.15, -0.1) is 0 Å². The SMILES string of the molecule is CCCC1OC2(CC(C)(C)NC(C)(C)C2)NC1=O. The van der Waals surface area contributed by atoms with Crippen LogP contribution in [0.4, 0.5) is 0 Å². The Labute approximate surface area is 110 Å². The number of amides is 1. The quantitative estimate of drug-likeness (QED) is 0.792. The van der Waals surface area contributed by atoms with E-state index in [4.69, 9.17) is 4.74 Å². The maximum Gasteiger partial charge on any atom is 0.251 e. The average Bonchev–Trinajstić information content (AvgIpc) is 2.36. The summed E-state index contributed by atoms with van der Waals surface area (Å²) in [6, 6.07) is 0. The molecule has 0 bridgehead atoms. The van der Waals surface area contributed by atoms with Crippen molar-refractivity contribution in [2.45, 2.75) is 83.2 Å². The number of carbonyl (C=O) groups is 1. The Morgan fingerprint density at radius 1 is 1.22 bits per heavy atom. The van der Waals surface area contributed by atoms with Crippen LogP contribution < -0.4 is 10.6 Å². The van der Waals surface area contributed by atoms with Crippen LogP contribution in [0.1, 0.15) is 60.3 Å². The third-order valence-corrected chi connectivity index (χ3v) is 3.69. The first-order chi connectivity index (χ1) is 8.17. The summed E-state index contributed by atoms with van der Waals surface area (Å²) in [5.74, 6) is 0.0605. The van der Waals surface area contributed by atoms with Gasteiger partial charge in [0.1, 0.15) is 11.8 Å². The molecular weight excluding hydrogens is 228 g/mol. The molecule has 1 spiro atoms. The van der Waals surface area contributed by atoms with Crippen LogP contribution >= 0.6 is 0 Å². The zero-order chi connectivity index (χ0) is 13.6. The molecule has 4 nitrogen and oxygen atoms in total. The average molecular weight is 254 g/mol. The van der Waals surface area contributed by atoms with Crippen LogP contribution in [0.15, 0.2) is 0 Å². The molecule has 2 rings (SSSR count). The number of piperidine rings is 1. The Morgan fingerprint density at radius 3 is 2.28 bits per heavy atom. The molecule has 18 heavy (non-hydrogen) atoms. The van der Waals surface area contributed by atoms with Gasteiger partial charge in [-0.25, -0.2) is 0 Å². The predicted molar refractivity (Wildman–Crippen MR) is 71.2 cm³/mol. The summed E-state index contributed by atoms with van der Waals surface area (Å²) in [7, 11) is 0. The van der Waals surface area contributed by atoms with Crippen molar-refractivity contribution in [3.63, 3.8) is 0 Å². The fourth-order valence-corrected chi connectivity index (χ4v) is 3.78. The maximum atomic E-state index is 12.0. The monoisotopic (exact) mass is 254 g/mol. The van der Waals surface area contributed by atoms with Crippen LogP contribution in [0.3, 0.4) is 0 Å². The summed E-state index contributed by atoms with van der Waals surface area (Å²) < 4.78 is 6.11. The largest absolute Gasteiger partial charge is 0.343 e. The summed E-state index contributed by atoms with van der Waals surface area (Å²) >= 11 is 0. The topological polar surface area (TPSA) is 50.4 Å². The second-order valence-corrected chi connectivity index (χ2v) is 7.13. The molecule has 2 N–H and O–H groups in total. The third-order valence-electron chi connectivity index (χ3n) is 3.69. The second kappa shape index (κ2) is 4.20. The van der Waals surface area contributed by atoms with Crippen molar-refractivity contribution in [1.82, 2.24) is 10.6 Å². The third kappa shape index (κ3) is 2.69. The molecule has 2 saturated heterocycles. The van der Waals surface area contributed by atoms with Crippen molar-refractivity contribution in [1.29, 1.82) is 0 Å². The maximum absolute atomic E-state index is 12.0. The van der Waals surface area contributed by atoms with E-state index in [1.165, 1.54) is 0 Å². The minimum absolute atomic E-state index is 0.0316. The van der Waals surface area contributed by atoms with E-state index < -0.39 is 5.72 Å². The molecule has 0 aliphatic carbocycles. The molecule has 2 aliphatic rings. The van der Waals surface area contributed by atoms with Crippen LogP contribution in [-0.2, 0) is 9.53 Å². The minimum Gasteiger partial charge on any atom is -0.343 e. The van der Waals surface area contributed by atoms with Gasteiger partial charge >= 0.3 is 0 Å². The second-order valence-electron chi connectivity index (χ2n) is 7.13. The highest BCUT2D eigenvalue weighted by Crippen LogP contribution is 2.40. The fourth-order valence-electron chi connectivity index (χ4n) is 3.78. The first kappa shape index (κ1) is 13.8. The molecule has 104 valence electrons. The number of nitrogens with one attached hydrogen (secondary N) is 2. The van der Waals surface area contributed by atoms with E-state index >= 15 is 0 Å². The van der Waals surface area contributed by atoms with Crippen molar-refractivity contribution in [3.05, 3.63) is 0 Å². The van der Waals surface area contributed by atoms with E-state index in [1.54, 1.807) is 0 Å². The van der Waals surface area contributed by atoms with Crippen molar-refractivity contribution >= 4 is 5.91 Å². The molecule has 2 fully saturated rings. The molecule has 0 saturated carbocycles. The summed E-state index contributed by atoms with van der Waals surface area (Å²) in [6.45, 7) is 10.7. The Morgan fingerprint density at radius 2 is 1.78 bits per heavy atom.